The molecule has 1 unspecified atom stereocenters. The molecule has 0 saturated carbocycles. The van der Waals surface area contributed by atoms with Gasteiger partial charge >= 0.3 is 0 Å². The van der Waals surface area contributed by atoms with Crippen LogP contribution in [0.5, 0.6) is 0 Å². The SMILES string of the molecule is Cc1c(Br)cccc1C(=O)N1CCCC(CN)C1. The lowest BCUT2D eigenvalue weighted by Gasteiger charge is -2.32. The Balaban J connectivity index is 2.18. The topological polar surface area (TPSA) is 46.3 Å². The summed E-state index contributed by atoms with van der Waals surface area (Å²) in [6, 6.07) is 5.77. The van der Waals surface area contributed by atoms with Gasteiger partial charge in [-0.3, -0.25) is 4.79 Å². The van der Waals surface area contributed by atoms with E-state index >= 15 is 0 Å². The van der Waals surface area contributed by atoms with Crippen molar-refractivity contribution in [3.63, 3.8) is 0 Å². The van der Waals surface area contributed by atoms with Crippen LogP contribution in [0.1, 0.15) is 28.8 Å². The molecule has 1 amide bonds. The average Bonchev–Trinajstić information content (AvgIpc) is 2.41. The lowest BCUT2D eigenvalue weighted by molar-refractivity contribution is 0.0677. The molecule has 1 aromatic carbocycles. The van der Waals surface area contributed by atoms with Crippen LogP contribution in [-0.2, 0) is 0 Å². The molecule has 3 nitrogen and oxygen atoms in total. The van der Waals surface area contributed by atoms with Crippen LogP contribution in [0.2, 0.25) is 0 Å². The summed E-state index contributed by atoms with van der Waals surface area (Å²) in [6.45, 7) is 4.28. The van der Waals surface area contributed by atoms with Gasteiger partial charge in [0.15, 0.2) is 0 Å². The molecular weight excluding hydrogens is 292 g/mol. The van der Waals surface area contributed by atoms with Gasteiger partial charge in [0.1, 0.15) is 0 Å². The van der Waals surface area contributed by atoms with Gasteiger partial charge in [-0.2, -0.15) is 0 Å². The monoisotopic (exact) mass is 310 g/mol. The number of hydrogen-bond donors (Lipinski definition) is 1. The molecule has 1 atom stereocenters. The highest BCUT2D eigenvalue weighted by Crippen LogP contribution is 2.23. The number of piperidine rings is 1. The summed E-state index contributed by atoms with van der Waals surface area (Å²) in [7, 11) is 0. The average molecular weight is 311 g/mol. The Morgan fingerprint density at radius 3 is 3.06 bits per heavy atom. The third-order valence-electron chi connectivity index (χ3n) is 3.64. The molecule has 0 spiro atoms. The minimum atomic E-state index is 0.131. The van der Waals surface area contributed by atoms with Crippen molar-refractivity contribution >= 4 is 21.8 Å². The van der Waals surface area contributed by atoms with Crippen molar-refractivity contribution in [2.24, 2.45) is 11.7 Å². The predicted molar refractivity (Wildman–Crippen MR) is 76.6 cm³/mol. The van der Waals surface area contributed by atoms with Crippen molar-refractivity contribution in [1.29, 1.82) is 0 Å². The molecule has 0 aromatic heterocycles. The summed E-state index contributed by atoms with van der Waals surface area (Å²) in [5.74, 6) is 0.585. The second kappa shape index (κ2) is 5.85. The minimum Gasteiger partial charge on any atom is -0.338 e. The van der Waals surface area contributed by atoms with E-state index in [4.69, 9.17) is 5.73 Å². The molecule has 1 saturated heterocycles. The van der Waals surface area contributed by atoms with E-state index in [9.17, 15) is 4.79 Å². The van der Waals surface area contributed by atoms with E-state index in [1.165, 1.54) is 0 Å². The third kappa shape index (κ3) is 2.75. The largest absolute Gasteiger partial charge is 0.338 e. The maximum Gasteiger partial charge on any atom is 0.254 e. The van der Waals surface area contributed by atoms with E-state index in [1.54, 1.807) is 0 Å². The standard InChI is InChI=1S/C14H19BrN2O/c1-10-12(5-2-6-13(10)15)14(18)17-7-3-4-11(8-16)9-17/h2,5-6,11H,3-4,7-9,16H2,1H3. The van der Waals surface area contributed by atoms with E-state index in [0.29, 0.717) is 12.5 Å². The zero-order chi connectivity index (χ0) is 13.1. The van der Waals surface area contributed by atoms with Gasteiger partial charge in [-0.1, -0.05) is 22.0 Å². The highest BCUT2D eigenvalue weighted by Gasteiger charge is 2.24. The molecule has 98 valence electrons. The molecule has 1 aliphatic heterocycles. The summed E-state index contributed by atoms with van der Waals surface area (Å²) in [5, 5.41) is 0. The van der Waals surface area contributed by atoms with E-state index < -0.39 is 0 Å². The van der Waals surface area contributed by atoms with Crippen molar-refractivity contribution in [3.05, 3.63) is 33.8 Å². The van der Waals surface area contributed by atoms with Gasteiger partial charge in [-0.15, -0.1) is 0 Å². The first-order valence-electron chi connectivity index (χ1n) is 6.38. The molecule has 0 bridgehead atoms. The lowest BCUT2D eigenvalue weighted by atomic mass is 9.97. The number of hydrogen-bond acceptors (Lipinski definition) is 2. The molecule has 2 N–H and O–H groups in total. The number of likely N-dealkylation sites (tertiary alicyclic amines) is 1. The highest BCUT2D eigenvalue weighted by atomic mass is 79.9. The van der Waals surface area contributed by atoms with E-state index in [0.717, 1.165) is 41.5 Å². The number of carbonyl (C=O) groups excluding carboxylic acids is 1. The first-order chi connectivity index (χ1) is 8.63. The highest BCUT2D eigenvalue weighted by molar-refractivity contribution is 9.10. The second-order valence-electron chi connectivity index (χ2n) is 4.91. The number of halogens is 1. The molecule has 1 fully saturated rings. The number of rotatable bonds is 2. The Hall–Kier alpha value is -0.870. The normalized spacial score (nSPS) is 19.9. The van der Waals surface area contributed by atoms with Crippen LogP contribution in [0.3, 0.4) is 0 Å². The van der Waals surface area contributed by atoms with Gasteiger partial charge in [0.05, 0.1) is 0 Å². The van der Waals surface area contributed by atoms with Crippen molar-refractivity contribution in [2.75, 3.05) is 19.6 Å². The van der Waals surface area contributed by atoms with Crippen molar-refractivity contribution in [2.45, 2.75) is 19.8 Å². The lowest BCUT2D eigenvalue weighted by Crippen LogP contribution is -2.42. The fourth-order valence-corrected chi connectivity index (χ4v) is 2.82. The molecule has 2 rings (SSSR count). The van der Waals surface area contributed by atoms with Crippen molar-refractivity contribution < 1.29 is 4.79 Å². The first kappa shape index (κ1) is 13.6. The summed E-state index contributed by atoms with van der Waals surface area (Å²) in [6.07, 6.45) is 2.19. The quantitative estimate of drug-likeness (QED) is 0.912. The molecule has 0 aliphatic carbocycles. The van der Waals surface area contributed by atoms with Crippen LogP contribution in [-0.4, -0.2) is 30.4 Å². The van der Waals surface area contributed by atoms with Gasteiger partial charge in [0.2, 0.25) is 0 Å². The van der Waals surface area contributed by atoms with Crippen LogP contribution in [0.15, 0.2) is 22.7 Å². The minimum absolute atomic E-state index is 0.131. The molecule has 1 heterocycles. The number of nitrogens with two attached hydrogens (primary N) is 1. The number of carbonyl (C=O) groups is 1. The molecule has 1 aromatic rings. The van der Waals surface area contributed by atoms with Crippen molar-refractivity contribution in [3.8, 4) is 0 Å². The zero-order valence-corrected chi connectivity index (χ0v) is 12.2. The number of benzene rings is 1. The third-order valence-corrected chi connectivity index (χ3v) is 4.50. The summed E-state index contributed by atoms with van der Waals surface area (Å²) < 4.78 is 0.987. The van der Waals surface area contributed by atoms with E-state index in [-0.39, 0.29) is 5.91 Å². The fourth-order valence-electron chi connectivity index (χ4n) is 2.45. The molecule has 4 heteroatoms. The fraction of sp³-hybridized carbons (Fsp3) is 0.500. The maximum atomic E-state index is 12.5. The Bertz CT molecular complexity index is 447. The number of amides is 1. The predicted octanol–water partition coefficient (Wildman–Crippen LogP) is 2.57. The summed E-state index contributed by atoms with van der Waals surface area (Å²) in [4.78, 5) is 14.4. The maximum absolute atomic E-state index is 12.5. The van der Waals surface area contributed by atoms with Gasteiger partial charge < -0.3 is 10.6 Å². The number of nitrogens with zero attached hydrogens (tertiary/aromatic N) is 1. The molecule has 18 heavy (non-hydrogen) atoms. The second-order valence-corrected chi connectivity index (χ2v) is 5.76. The van der Waals surface area contributed by atoms with Gasteiger partial charge in [-0.05, 0) is 49.9 Å². The smallest absolute Gasteiger partial charge is 0.254 e. The zero-order valence-electron chi connectivity index (χ0n) is 10.7. The Morgan fingerprint density at radius 1 is 1.56 bits per heavy atom. The van der Waals surface area contributed by atoms with Crippen LogP contribution in [0, 0.1) is 12.8 Å². The Kier molecular flexibility index (Phi) is 4.40. The molecule has 1 aliphatic rings. The first-order valence-corrected chi connectivity index (χ1v) is 7.17. The molecular formula is C14H19BrN2O. The molecule has 0 radical (unpaired) electrons. The van der Waals surface area contributed by atoms with E-state index in [1.807, 2.05) is 30.0 Å². The summed E-state index contributed by atoms with van der Waals surface area (Å²) >= 11 is 3.47. The van der Waals surface area contributed by atoms with Gasteiger partial charge in [0.25, 0.3) is 5.91 Å². The Labute approximate surface area is 116 Å². The van der Waals surface area contributed by atoms with Crippen LogP contribution in [0.4, 0.5) is 0 Å². The van der Waals surface area contributed by atoms with Crippen LogP contribution < -0.4 is 5.73 Å². The van der Waals surface area contributed by atoms with Crippen LogP contribution >= 0.6 is 15.9 Å². The van der Waals surface area contributed by atoms with E-state index in [2.05, 4.69) is 15.9 Å². The van der Waals surface area contributed by atoms with Crippen LogP contribution in [0.25, 0.3) is 0 Å². The van der Waals surface area contributed by atoms with Crippen molar-refractivity contribution in [1.82, 2.24) is 4.90 Å². The van der Waals surface area contributed by atoms with Gasteiger partial charge in [0, 0.05) is 23.1 Å². The Morgan fingerprint density at radius 2 is 2.33 bits per heavy atom. The summed E-state index contributed by atoms with van der Waals surface area (Å²) in [5.41, 5.74) is 7.52. The van der Waals surface area contributed by atoms with Gasteiger partial charge in [-0.25, -0.2) is 0 Å².